The molecule has 3 N–H and O–H groups in total. The Morgan fingerprint density at radius 1 is 1.67 bits per heavy atom. The fourth-order valence-electron chi connectivity index (χ4n) is 1.84. The van der Waals surface area contributed by atoms with E-state index >= 15 is 0 Å². The highest BCUT2D eigenvalue weighted by Gasteiger charge is 2.23. The van der Waals surface area contributed by atoms with Crippen molar-refractivity contribution in [1.82, 2.24) is 0 Å². The van der Waals surface area contributed by atoms with Crippen molar-refractivity contribution in [2.24, 2.45) is 0 Å². The van der Waals surface area contributed by atoms with Crippen LogP contribution in [0.2, 0.25) is 5.02 Å². The summed E-state index contributed by atoms with van der Waals surface area (Å²) in [7, 11) is 0. The van der Waals surface area contributed by atoms with Crippen molar-refractivity contribution in [1.29, 1.82) is 0 Å². The van der Waals surface area contributed by atoms with E-state index in [9.17, 15) is 4.79 Å². The second kappa shape index (κ2) is 5.35. The molecule has 1 aliphatic rings. The van der Waals surface area contributed by atoms with Crippen molar-refractivity contribution in [3.8, 4) is 5.75 Å². The number of fused-ring (bicyclic) bond motifs is 1. The van der Waals surface area contributed by atoms with Gasteiger partial charge >= 0.3 is 5.97 Å². The normalized spacial score (nSPS) is 17.3. The van der Waals surface area contributed by atoms with Crippen LogP contribution < -0.4 is 15.8 Å². The van der Waals surface area contributed by atoms with Gasteiger partial charge in [-0.3, -0.25) is 4.79 Å². The van der Waals surface area contributed by atoms with E-state index < -0.39 is 0 Å². The van der Waals surface area contributed by atoms with Gasteiger partial charge in [0.25, 0.3) is 0 Å². The minimum atomic E-state index is -0.255. The van der Waals surface area contributed by atoms with Crippen molar-refractivity contribution in [3.05, 3.63) is 17.2 Å². The molecule has 0 aromatic heterocycles. The van der Waals surface area contributed by atoms with Gasteiger partial charge in [-0.25, -0.2) is 0 Å². The van der Waals surface area contributed by atoms with Crippen LogP contribution in [0.1, 0.15) is 13.3 Å². The minimum absolute atomic E-state index is 0.139. The van der Waals surface area contributed by atoms with Crippen molar-refractivity contribution >= 4 is 28.9 Å². The molecule has 0 spiro atoms. The van der Waals surface area contributed by atoms with Crippen LogP contribution in [0.25, 0.3) is 0 Å². The molecule has 1 unspecified atom stereocenters. The molecular formula is C12H15ClN2O3. The third-order valence-electron chi connectivity index (χ3n) is 2.60. The number of esters is 1. The lowest BCUT2D eigenvalue weighted by Gasteiger charge is -2.28. The van der Waals surface area contributed by atoms with Gasteiger partial charge in [-0.05, 0) is 13.0 Å². The number of hydrogen-bond donors (Lipinski definition) is 2. The quantitative estimate of drug-likeness (QED) is 0.650. The zero-order valence-electron chi connectivity index (χ0n) is 10.0. The van der Waals surface area contributed by atoms with Crippen LogP contribution in [0.15, 0.2) is 12.1 Å². The van der Waals surface area contributed by atoms with Crippen molar-refractivity contribution in [2.45, 2.75) is 19.4 Å². The van der Waals surface area contributed by atoms with Crippen LogP contribution in [0.5, 0.6) is 5.75 Å². The van der Waals surface area contributed by atoms with Crippen molar-refractivity contribution in [3.63, 3.8) is 0 Å². The number of nitrogens with one attached hydrogen (secondary N) is 1. The molecule has 1 aromatic carbocycles. The van der Waals surface area contributed by atoms with Crippen molar-refractivity contribution < 1.29 is 14.3 Å². The van der Waals surface area contributed by atoms with Crippen LogP contribution >= 0.6 is 11.6 Å². The third kappa shape index (κ3) is 2.79. The summed E-state index contributed by atoms with van der Waals surface area (Å²) in [6.45, 7) is 2.53. The first-order valence-electron chi connectivity index (χ1n) is 5.74. The number of anilines is 2. The van der Waals surface area contributed by atoms with E-state index in [1.807, 2.05) is 0 Å². The second-order valence-corrected chi connectivity index (χ2v) is 4.47. The largest absolute Gasteiger partial charge is 0.489 e. The van der Waals surface area contributed by atoms with Gasteiger partial charge in [-0.1, -0.05) is 11.6 Å². The second-order valence-electron chi connectivity index (χ2n) is 4.03. The number of carbonyl (C=O) groups excluding carboxylic acids is 1. The highest BCUT2D eigenvalue weighted by atomic mass is 35.5. The van der Waals surface area contributed by atoms with Gasteiger partial charge in [0.15, 0.2) is 0 Å². The number of halogens is 1. The maximum atomic E-state index is 11.4. The number of rotatable bonds is 3. The molecule has 1 aliphatic heterocycles. The van der Waals surface area contributed by atoms with E-state index in [1.165, 1.54) is 0 Å². The highest BCUT2D eigenvalue weighted by molar-refractivity contribution is 6.31. The Labute approximate surface area is 110 Å². The molecular weight excluding hydrogens is 256 g/mol. The van der Waals surface area contributed by atoms with Gasteiger partial charge in [-0.15, -0.1) is 0 Å². The Morgan fingerprint density at radius 2 is 2.44 bits per heavy atom. The number of benzene rings is 1. The summed E-state index contributed by atoms with van der Waals surface area (Å²) >= 11 is 5.88. The summed E-state index contributed by atoms with van der Waals surface area (Å²) in [5.74, 6) is 0.356. The van der Waals surface area contributed by atoms with E-state index in [-0.39, 0.29) is 18.4 Å². The average Bonchev–Trinajstić information content (AvgIpc) is 2.30. The van der Waals surface area contributed by atoms with E-state index in [4.69, 9.17) is 26.8 Å². The van der Waals surface area contributed by atoms with Gasteiger partial charge in [0, 0.05) is 11.1 Å². The summed E-state index contributed by atoms with van der Waals surface area (Å²) < 4.78 is 10.4. The van der Waals surface area contributed by atoms with E-state index in [0.29, 0.717) is 35.4 Å². The Hall–Kier alpha value is -1.62. The first-order valence-corrected chi connectivity index (χ1v) is 6.12. The van der Waals surface area contributed by atoms with E-state index in [0.717, 1.165) is 0 Å². The third-order valence-corrected chi connectivity index (χ3v) is 2.82. The standard InChI is InChI=1S/C12H15ClN2O3/c1-2-17-11(16)5-8-6-18-10-4-7(13)3-9(14)12(10)15-8/h3-4,8,15H,2,5-6,14H2,1H3. The molecule has 6 heteroatoms. The first kappa shape index (κ1) is 12.8. The van der Waals surface area contributed by atoms with Crippen LogP contribution in [0.4, 0.5) is 11.4 Å². The summed E-state index contributed by atoms with van der Waals surface area (Å²) in [5, 5.41) is 3.70. The lowest BCUT2D eigenvalue weighted by Crippen LogP contribution is -2.34. The predicted molar refractivity (Wildman–Crippen MR) is 70.0 cm³/mol. The maximum absolute atomic E-state index is 11.4. The molecule has 0 fully saturated rings. The SMILES string of the molecule is CCOC(=O)CC1COc2cc(Cl)cc(N)c2N1. The van der Waals surface area contributed by atoms with Gasteiger partial charge in [0.2, 0.25) is 0 Å². The monoisotopic (exact) mass is 270 g/mol. The van der Waals surface area contributed by atoms with Gasteiger partial charge in [0.1, 0.15) is 18.0 Å². The molecule has 2 rings (SSSR count). The zero-order valence-corrected chi connectivity index (χ0v) is 10.8. The number of hydrogen-bond acceptors (Lipinski definition) is 5. The minimum Gasteiger partial charge on any atom is -0.489 e. The van der Waals surface area contributed by atoms with Crippen LogP contribution in [0, 0.1) is 0 Å². The molecule has 0 radical (unpaired) electrons. The Kier molecular flexibility index (Phi) is 3.81. The van der Waals surface area contributed by atoms with Crippen LogP contribution in [-0.2, 0) is 9.53 Å². The van der Waals surface area contributed by atoms with Crippen molar-refractivity contribution in [2.75, 3.05) is 24.3 Å². The summed E-state index contributed by atoms with van der Waals surface area (Å²) in [6.07, 6.45) is 0.245. The predicted octanol–water partition coefficient (Wildman–Crippen LogP) is 2.05. The van der Waals surface area contributed by atoms with E-state index in [2.05, 4.69) is 5.32 Å². The van der Waals surface area contributed by atoms with Crippen LogP contribution in [0.3, 0.4) is 0 Å². The van der Waals surface area contributed by atoms with Gasteiger partial charge in [-0.2, -0.15) is 0 Å². The Balaban J connectivity index is 2.08. The molecule has 98 valence electrons. The fourth-order valence-corrected chi connectivity index (χ4v) is 2.05. The number of nitrogen functional groups attached to an aromatic ring is 1. The highest BCUT2D eigenvalue weighted by Crippen LogP contribution is 2.37. The average molecular weight is 271 g/mol. The molecule has 0 saturated carbocycles. The molecule has 0 amide bonds. The molecule has 0 saturated heterocycles. The fraction of sp³-hybridized carbons (Fsp3) is 0.417. The molecule has 0 bridgehead atoms. The summed E-state index contributed by atoms with van der Waals surface area (Å²) in [6, 6.07) is 3.20. The zero-order chi connectivity index (χ0) is 13.1. The summed E-state index contributed by atoms with van der Waals surface area (Å²) in [4.78, 5) is 11.4. The smallest absolute Gasteiger partial charge is 0.307 e. The Bertz CT molecular complexity index is 465. The van der Waals surface area contributed by atoms with Gasteiger partial charge in [0.05, 0.1) is 24.8 Å². The molecule has 1 heterocycles. The summed E-state index contributed by atoms with van der Waals surface area (Å²) in [5.41, 5.74) is 7.04. The molecule has 18 heavy (non-hydrogen) atoms. The van der Waals surface area contributed by atoms with E-state index in [1.54, 1.807) is 19.1 Å². The van der Waals surface area contributed by atoms with Gasteiger partial charge < -0.3 is 20.5 Å². The molecule has 1 aromatic rings. The van der Waals surface area contributed by atoms with Crippen LogP contribution in [-0.4, -0.2) is 25.2 Å². The maximum Gasteiger partial charge on any atom is 0.307 e. The lowest BCUT2D eigenvalue weighted by atomic mass is 10.1. The topological polar surface area (TPSA) is 73.6 Å². The molecule has 0 aliphatic carbocycles. The lowest BCUT2D eigenvalue weighted by molar-refractivity contribution is -0.143. The number of carbonyl (C=O) groups is 1. The number of nitrogens with two attached hydrogens (primary N) is 1. The first-order chi connectivity index (χ1) is 8.60. The number of ether oxygens (including phenoxy) is 2. The Morgan fingerprint density at radius 3 is 3.17 bits per heavy atom. The molecule has 1 atom stereocenters. The molecule has 5 nitrogen and oxygen atoms in total.